The summed E-state index contributed by atoms with van der Waals surface area (Å²) in [6.07, 6.45) is -11.7. The number of benzene rings is 2. The number of aliphatic hydroxyl groups is 2. The summed E-state index contributed by atoms with van der Waals surface area (Å²) in [5.74, 6) is -1.05. The number of nitrogens with one attached hydrogen (secondary N) is 2. The average Bonchev–Trinajstić information content (AvgIpc) is 4.00. The lowest BCUT2D eigenvalue weighted by Crippen LogP contribution is -2.35. The number of rotatable bonds is 12. The molecule has 21 nitrogen and oxygen atoms in total. The van der Waals surface area contributed by atoms with Crippen molar-refractivity contribution in [3.05, 3.63) is 84.4 Å². The van der Waals surface area contributed by atoms with E-state index in [0.717, 1.165) is 22.0 Å². The molecule has 24 heteroatoms. The van der Waals surface area contributed by atoms with Crippen LogP contribution in [0.25, 0.3) is 22.3 Å². The Morgan fingerprint density at radius 3 is 1.50 bits per heavy atom. The molecule has 0 saturated carbocycles. The summed E-state index contributed by atoms with van der Waals surface area (Å²) in [4.78, 5) is 41.7. The van der Waals surface area contributed by atoms with Gasteiger partial charge in [-0.25, -0.2) is 28.7 Å². The molecule has 2 aliphatic rings. The molecule has 6 heterocycles. The Labute approximate surface area is 312 Å². The van der Waals surface area contributed by atoms with Crippen LogP contribution in [0.1, 0.15) is 33.2 Å². The molecule has 0 aliphatic carbocycles. The Hall–Kier alpha value is -5.94. The summed E-state index contributed by atoms with van der Waals surface area (Å²) in [6.45, 7) is -1.61. The molecule has 2 amide bonds. The molecule has 288 valence electrons. The van der Waals surface area contributed by atoms with E-state index in [0.29, 0.717) is 11.1 Å². The molecule has 2 fully saturated rings. The number of aliphatic hydroxyl groups excluding tert-OH is 2. The number of fused-ring (bicyclic) bond motifs is 2. The number of aromatic nitrogens is 10. The number of amides is 2. The summed E-state index contributed by atoms with van der Waals surface area (Å²) < 4.78 is 69.3. The van der Waals surface area contributed by atoms with E-state index >= 15 is 8.78 Å². The van der Waals surface area contributed by atoms with E-state index in [1.807, 2.05) is 0 Å². The van der Waals surface area contributed by atoms with Crippen LogP contribution in [0.2, 0.25) is 0 Å². The third-order valence-corrected chi connectivity index (χ3v) is 9.68. The van der Waals surface area contributed by atoms with Crippen molar-refractivity contribution in [2.45, 2.75) is 49.2 Å². The maximum atomic E-state index is 16.1. The Balaban J connectivity index is 0.955. The normalized spacial score (nSPS) is 24.8. The van der Waals surface area contributed by atoms with Crippen molar-refractivity contribution in [3.8, 4) is 0 Å². The first-order valence-electron chi connectivity index (χ1n) is 16.7. The number of ether oxygens (including phenoxy) is 2. The molecule has 0 radical (unpaired) electrons. The van der Waals surface area contributed by atoms with E-state index < -0.39 is 82.5 Å². The zero-order chi connectivity index (χ0) is 38.9. The van der Waals surface area contributed by atoms with Crippen LogP contribution < -0.4 is 10.6 Å². The fourth-order valence-corrected chi connectivity index (χ4v) is 7.10. The smallest absolute Gasteiger partial charge is 0.394 e. The molecule has 0 bridgehead atoms. The number of halogens is 2. The number of carbonyl (C=O) groups excluding carboxylic acids is 2. The fourth-order valence-electron chi connectivity index (χ4n) is 6.15. The van der Waals surface area contributed by atoms with Gasteiger partial charge in [-0.1, -0.05) is 46.8 Å². The molecular formula is C32H28F2N12O9P+. The molecule has 56 heavy (non-hydrogen) atoms. The van der Waals surface area contributed by atoms with Crippen molar-refractivity contribution in [2.24, 2.45) is 0 Å². The van der Waals surface area contributed by atoms with Crippen molar-refractivity contribution in [1.29, 1.82) is 0 Å². The van der Waals surface area contributed by atoms with E-state index in [-0.39, 0.29) is 34.0 Å². The molecule has 2 saturated heterocycles. The third-order valence-electron chi connectivity index (χ3n) is 8.85. The van der Waals surface area contributed by atoms with Gasteiger partial charge in [0.1, 0.15) is 24.9 Å². The van der Waals surface area contributed by atoms with Gasteiger partial charge in [0, 0.05) is 15.7 Å². The second-order valence-corrected chi connectivity index (χ2v) is 13.1. The van der Waals surface area contributed by atoms with Crippen molar-refractivity contribution in [2.75, 3.05) is 23.8 Å². The Morgan fingerprint density at radius 2 is 1.11 bits per heavy atom. The number of anilines is 2. The zero-order valence-electron chi connectivity index (χ0n) is 28.4. The number of alkyl halides is 2. The first kappa shape index (κ1) is 37.0. The highest BCUT2D eigenvalue weighted by atomic mass is 31.1. The van der Waals surface area contributed by atoms with Crippen LogP contribution in [-0.4, -0.2) is 122 Å². The molecule has 0 unspecified atom stereocenters. The lowest BCUT2D eigenvalue weighted by molar-refractivity contribution is -0.0536. The summed E-state index contributed by atoms with van der Waals surface area (Å²) in [7, 11) is -3.37. The fraction of sp³-hybridized carbons (Fsp3) is 0.312. The van der Waals surface area contributed by atoms with Crippen molar-refractivity contribution < 1.29 is 51.7 Å². The van der Waals surface area contributed by atoms with Gasteiger partial charge in [-0.05, 0) is 24.3 Å². The van der Waals surface area contributed by atoms with Gasteiger partial charge >= 0.3 is 8.25 Å². The first-order valence-corrected chi connectivity index (χ1v) is 17.8. The lowest BCUT2D eigenvalue weighted by Gasteiger charge is -2.14. The minimum Gasteiger partial charge on any atom is -0.394 e. The van der Waals surface area contributed by atoms with E-state index in [4.69, 9.17) is 18.5 Å². The topological polar surface area (TPSA) is 266 Å². The van der Waals surface area contributed by atoms with Gasteiger partial charge in [-0.15, -0.1) is 19.2 Å². The summed E-state index contributed by atoms with van der Waals surface area (Å²) >= 11 is 0. The van der Waals surface area contributed by atoms with Crippen LogP contribution in [0, 0.1) is 0 Å². The molecule has 2 aromatic carbocycles. The molecule has 4 N–H and O–H groups in total. The van der Waals surface area contributed by atoms with Crippen LogP contribution in [0.15, 0.2) is 73.3 Å². The van der Waals surface area contributed by atoms with Gasteiger partial charge < -0.3 is 30.3 Å². The predicted molar refractivity (Wildman–Crippen MR) is 184 cm³/mol. The van der Waals surface area contributed by atoms with E-state index in [1.54, 1.807) is 60.7 Å². The molecular weight excluding hydrogens is 765 g/mol. The molecule has 4 aromatic heterocycles. The largest absolute Gasteiger partial charge is 0.698 e. The van der Waals surface area contributed by atoms with Crippen LogP contribution in [0.5, 0.6) is 0 Å². The van der Waals surface area contributed by atoms with Crippen molar-refractivity contribution in [3.63, 3.8) is 0 Å². The monoisotopic (exact) mass is 793 g/mol. The van der Waals surface area contributed by atoms with E-state index in [2.05, 4.69) is 51.2 Å². The molecule has 2 aliphatic heterocycles. The number of hydrogen-bond donors (Lipinski definition) is 4. The highest BCUT2D eigenvalue weighted by Gasteiger charge is 2.56. The summed E-state index contributed by atoms with van der Waals surface area (Å²) in [5.41, 5.74) is 0.555. The molecule has 0 spiro atoms. The molecule has 6 aromatic rings. The van der Waals surface area contributed by atoms with Crippen molar-refractivity contribution in [1.82, 2.24) is 49.9 Å². The predicted octanol–water partition coefficient (Wildman–Crippen LogP) is 1.84. The van der Waals surface area contributed by atoms with Gasteiger partial charge in [-0.3, -0.25) is 9.59 Å². The van der Waals surface area contributed by atoms with Crippen LogP contribution in [-0.2, 0) is 23.1 Å². The Bertz CT molecular complexity index is 2230. The maximum Gasteiger partial charge on any atom is 0.698 e. The highest BCUT2D eigenvalue weighted by Crippen LogP contribution is 2.44. The Morgan fingerprint density at radius 1 is 0.696 bits per heavy atom. The minimum absolute atomic E-state index is 0.00786. The van der Waals surface area contributed by atoms with E-state index in [1.165, 1.54) is 0 Å². The number of nitrogens with zero attached hydrogens (tertiary/aromatic N) is 10. The van der Waals surface area contributed by atoms with Crippen LogP contribution in [0.3, 0.4) is 0 Å². The zero-order valence-corrected chi connectivity index (χ0v) is 29.3. The highest BCUT2D eigenvalue weighted by molar-refractivity contribution is 7.33. The summed E-state index contributed by atoms with van der Waals surface area (Å²) in [5, 5.41) is 41.0. The van der Waals surface area contributed by atoms with Crippen LogP contribution in [0.4, 0.5) is 20.4 Å². The van der Waals surface area contributed by atoms with Crippen LogP contribution >= 0.6 is 8.25 Å². The molecule has 8 atom stereocenters. The van der Waals surface area contributed by atoms with Gasteiger partial charge in [0.25, 0.3) is 11.8 Å². The standard InChI is InChI=1S/C32H27F2N12O9P/c33-19-23(17(11-47)52-31(19)45-27-21(41-43-45)25(35-13-37-27)39-29(49)15-7-3-1-4-8-15)54-56(51)55-24-18(12-48)53-32(20(24)34)46-28-22(42-44-46)26(36-14-38-28)40-30(50)16-9-5-2-6-10-16/h1-10,13-14,17-20,23-24,31-32,47-48H,11-12H2,(H-,35,36,37,38,39,40,43,44,49,50)/p+1/t17-,18-,19+,20+,23-,24-,31-,32-/m1/s1. The van der Waals surface area contributed by atoms with Gasteiger partial charge in [0.2, 0.25) is 0 Å². The van der Waals surface area contributed by atoms with Gasteiger partial charge in [0.15, 0.2) is 71.0 Å². The lowest BCUT2D eigenvalue weighted by atomic mass is 10.1. The first-order chi connectivity index (χ1) is 27.2. The number of carbonyl (C=O) groups is 2. The second-order valence-electron chi connectivity index (χ2n) is 12.2. The number of hydrogen-bond acceptors (Lipinski definition) is 17. The maximum absolute atomic E-state index is 16.1. The average molecular weight is 794 g/mol. The Kier molecular flexibility index (Phi) is 10.3. The summed E-state index contributed by atoms with van der Waals surface area (Å²) in [6, 6.07) is 16.5. The molecule has 8 rings (SSSR count). The third kappa shape index (κ3) is 6.92. The SMILES string of the molecule is O=C(Nc1ncnc2c1nnn2[C@@H]1O[C@H](CO)[C@@H](O[P+](=O)O[C@H]2[C@H](F)[C@H](n3nnc4c(NC(=O)c5ccccc5)ncnc43)O[C@@H]2CO)[C@@H]1F)c1ccccc1. The van der Waals surface area contributed by atoms with E-state index in [9.17, 15) is 24.4 Å². The van der Waals surface area contributed by atoms with Gasteiger partial charge in [0.05, 0.1) is 13.2 Å². The minimum atomic E-state index is -3.37. The quantitative estimate of drug-likeness (QED) is 0.129. The van der Waals surface area contributed by atoms with Gasteiger partial charge in [-0.2, -0.15) is 9.36 Å². The van der Waals surface area contributed by atoms with Crippen molar-refractivity contribution >= 4 is 54.0 Å². The second kappa shape index (κ2) is 15.7.